The highest BCUT2D eigenvalue weighted by atomic mass is 16.4. The van der Waals surface area contributed by atoms with Crippen LogP contribution >= 0.6 is 0 Å². The lowest BCUT2D eigenvalue weighted by molar-refractivity contribution is 0.0689. The van der Waals surface area contributed by atoms with E-state index in [2.05, 4.69) is 32.7 Å². The second kappa shape index (κ2) is 4.90. The number of hydrogen-bond donors (Lipinski definition) is 1. The summed E-state index contributed by atoms with van der Waals surface area (Å²) >= 11 is 0. The highest BCUT2D eigenvalue weighted by Gasteiger charge is 2.20. The molecule has 0 aliphatic heterocycles. The first kappa shape index (κ1) is 13.7. The fraction of sp³-hybridized carbons (Fsp3) is 0.692. The average Bonchev–Trinajstić information content (AvgIpc) is 2.42. The summed E-state index contributed by atoms with van der Waals surface area (Å²) in [7, 11) is 0. The molecule has 0 saturated carbocycles. The van der Waals surface area contributed by atoms with Crippen molar-refractivity contribution < 1.29 is 14.3 Å². The van der Waals surface area contributed by atoms with Gasteiger partial charge >= 0.3 is 5.97 Å². The Balaban J connectivity index is 2.69. The van der Waals surface area contributed by atoms with E-state index < -0.39 is 5.97 Å². The Kier molecular flexibility index (Phi) is 3.96. The van der Waals surface area contributed by atoms with Gasteiger partial charge in [0.15, 0.2) is 11.6 Å². The second-order valence-corrected chi connectivity index (χ2v) is 5.89. The van der Waals surface area contributed by atoms with Gasteiger partial charge in [-0.05, 0) is 24.7 Å². The molecule has 1 aromatic rings. The molecule has 0 saturated heterocycles. The Labute approximate surface area is 102 Å². The van der Waals surface area contributed by atoms with E-state index in [0.717, 1.165) is 6.42 Å². The van der Waals surface area contributed by atoms with Crippen molar-refractivity contribution in [3.8, 4) is 0 Å². The SMILES string of the molecule is Cc1oc(CC(C)CC(C)(C)C)nc1C(=O)O. The third kappa shape index (κ3) is 4.21. The minimum absolute atomic E-state index is 0.0305. The molecule has 0 radical (unpaired) electrons. The number of carbonyl (C=O) groups is 1. The lowest BCUT2D eigenvalue weighted by Gasteiger charge is -2.22. The van der Waals surface area contributed by atoms with Gasteiger partial charge in [0, 0.05) is 6.42 Å². The van der Waals surface area contributed by atoms with E-state index in [-0.39, 0.29) is 11.1 Å². The first-order chi connectivity index (χ1) is 7.69. The predicted molar refractivity (Wildman–Crippen MR) is 65.1 cm³/mol. The molecule has 1 rings (SSSR count). The highest BCUT2D eigenvalue weighted by molar-refractivity contribution is 5.86. The standard InChI is InChI=1S/C13H21NO3/c1-8(7-13(3,4)5)6-10-14-11(12(15)16)9(2)17-10/h8H,6-7H2,1-5H3,(H,15,16). The van der Waals surface area contributed by atoms with Gasteiger partial charge in [-0.3, -0.25) is 0 Å². The van der Waals surface area contributed by atoms with Gasteiger partial charge in [-0.2, -0.15) is 0 Å². The zero-order valence-corrected chi connectivity index (χ0v) is 11.2. The van der Waals surface area contributed by atoms with Crippen LogP contribution < -0.4 is 0 Å². The molecule has 4 nitrogen and oxygen atoms in total. The summed E-state index contributed by atoms with van der Waals surface area (Å²) in [6.07, 6.45) is 1.74. The summed E-state index contributed by atoms with van der Waals surface area (Å²) in [5, 5.41) is 8.88. The maximum Gasteiger partial charge on any atom is 0.358 e. The molecule has 1 atom stereocenters. The number of rotatable bonds is 4. The number of oxazole rings is 1. The van der Waals surface area contributed by atoms with Crippen LogP contribution in [0.15, 0.2) is 4.42 Å². The molecule has 0 aromatic carbocycles. The van der Waals surface area contributed by atoms with Crippen molar-refractivity contribution in [1.29, 1.82) is 0 Å². The summed E-state index contributed by atoms with van der Waals surface area (Å²) in [6, 6.07) is 0. The number of hydrogen-bond acceptors (Lipinski definition) is 3. The van der Waals surface area contributed by atoms with Crippen molar-refractivity contribution in [2.75, 3.05) is 0 Å². The Morgan fingerprint density at radius 2 is 2.06 bits per heavy atom. The fourth-order valence-electron chi connectivity index (χ4n) is 2.15. The van der Waals surface area contributed by atoms with Crippen molar-refractivity contribution in [3.05, 3.63) is 17.3 Å². The van der Waals surface area contributed by atoms with Crippen LogP contribution in [0.25, 0.3) is 0 Å². The Morgan fingerprint density at radius 1 is 1.47 bits per heavy atom. The Bertz CT molecular complexity index is 401. The van der Waals surface area contributed by atoms with Crippen molar-refractivity contribution in [3.63, 3.8) is 0 Å². The predicted octanol–water partition coefficient (Wildman–Crippen LogP) is 3.30. The van der Waals surface area contributed by atoms with Gasteiger partial charge in [0.2, 0.25) is 0 Å². The quantitative estimate of drug-likeness (QED) is 0.875. The van der Waals surface area contributed by atoms with E-state index in [1.807, 2.05) is 0 Å². The monoisotopic (exact) mass is 239 g/mol. The van der Waals surface area contributed by atoms with E-state index in [4.69, 9.17) is 9.52 Å². The third-order valence-corrected chi connectivity index (χ3v) is 2.53. The maximum atomic E-state index is 10.8. The lowest BCUT2D eigenvalue weighted by Crippen LogP contribution is -2.13. The van der Waals surface area contributed by atoms with Crippen molar-refractivity contribution in [2.45, 2.75) is 47.5 Å². The molecule has 17 heavy (non-hydrogen) atoms. The van der Waals surface area contributed by atoms with Gasteiger partial charge < -0.3 is 9.52 Å². The third-order valence-electron chi connectivity index (χ3n) is 2.53. The number of aryl methyl sites for hydroxylation is 1. The molecule has 1 N–H and O–H groups in total. The summed E-state index contributed by atoms with van der Waals surface area (Å²) in [6.45, 7) is 10.3. The number of nitrogens with zero attached hydrogens (tertiary/aromatic N) is 1. The molecule has 1 unspecified atom stereocenters. The highest BCUT2D eigenvalue weighted by Crippen LogP contribution is 2.26. The molecule has 0 amide bonds. The van der Waals surface area contributed by atoms with Crippen LogP contribution in [0.1, 0.15) is 56.3 Å². The van der Waals surface area contributed by atoms with Crippen LogP contribution in [-0.4, -0.2) is 16.1 Å². The largest absolute Gasteiger partial charge is 0.476 e. The summed E-state index contributed by atoms with van der Waals surface area (Å²) in [5.41, 5.74) is 0.291. The van der Waals surface area contributed by atoms with Crippen LogP contribution in [0.2, 0.25) is 0 Å². The van der Waals surface area contributed by atoms with E-state index in [0.29, 0.717) is 24.0 Å². The number of aromatic nitrogens is 1. The average molecular weight is 239 g/mol. The van der Waals surface area contributed by atoms with E-state index in [1.165, 1.54) is 0 Å². The molecular weight excluding hydrogens is 218 g/mol. The van der Waals surface area contributed by atoms with Gasteiger partial charge in [-0.1, -0.05) is 27.7 Å². The minimum Gasteiger partial charge on any atom is -0.476 e. The van der Waals surface area contributed by atoms with Gasteiger partial charge in [-0.25, -0.2) is 9.78 Å². The minimum atomic E-state index is -1.03. The molecule has 0 aliphatic rings. The van der Waals surface area contributed by atoms with Gasteiger partial charge in [-0.15, -0.1) is 0 Å². The van der Waals surface area contributed by atoms with Crippen LogP contribution in [-0.2, 0) is 6.42 Å². The van der Waals surface area contributed by atoms with Crippen LogP contribution in [0, 0.1) is 18.3 Å². The van der Waals surface area contributed by atoms with Gasteiger partial charge in [0.25, 0.3) is 0 Å². The number of carboxylic acids is 1. The maximum absolute atomic E-state index is 10.8. The van der Waals surface area contributed by atoms with E-state index >= 15 is 0 Å². The topological polar surface area (TPSA) is 63.3 Å². The molecule has 0 bridgehead atoms. The zero-order valence-electron chi connectivity index (χ0n) is 11.2. The van der Waals surface area contributed by atoms with Crippen molar-refractivity contribution >= 4 is 5.97 Å². The van der Waals surface area contributed by atoms with Crippen molar-refractivity contribution in [2.24, 2.45) is 11.3 Å². The number of aromatic carboxylic acids is 1. The van der Waals surface area contributed by atoms with Crippen molar-refractivity contribution in [1.82, 2.24) is 4.98 Å². The van der Waals surface area contributed by atoms with Gasteiger partial charge in [0.1, 0.15) is 5.76 Å². The molecular formula is C13H21NO3. The molecule has 1 heterocycles. The molecule has 4 heteroatoms. The number of carboxylic acid groups (broad SMARTS) is 1. The van der Waals surface area contributed by atoms with Gasteiger partial charge in [0.05, 0.1) is 0 Å². The summed E-state index contributed by atoms with van der Waals surface area (Å²) < 4.78 is 5.37. The van der Waals surface area contributed by atoms with E-state index in [1.54, 1.807) is 6.92 Å². The zero-order chi connectivity index (χ0) is 13.2. The summed E-state index contributed by atoms with van der Waals surface area (Å²) in [4.78, 5) is 14.8. The lowest BCUT2D eigenvalue weighted by atomic mass is 9.84. The van der Waals surface area contributed by atoms with Crippen LogP contribution in [0.4, 0.5) is 0 Å². The van der Waals surface area contributed by atoms with Crippen LogP contribution in [0.5, 0.6) is 0 Å². The second-order valence-electron chi connectivity index (χ2n) is 5.89. The fourth-order valence-corrected chi connectivity index (χ4v) is 2.15. The van der Waals surface area contributed by atoms with Crippen LogP contribution in [0.3, 0.4) is 0 Å². The summed E-state index contributed by atoms with van der Waals surface area (Å²) in [5.74, 6) is 0.308. The Hall–Kier alpha value is -1.32. The Morgan fingerprint density at radius 3 is 2.47 bits per heavy atom. The normalized spacial score (nSPS) is 13.7. The molecule has 0 aliphatic carbocycles. The van der Waals surface area contributed by atoms with E-state index in [9.17, 15) is 4.79 Å². The molecule has 1 aromatic heterocycles. The first-order valence-corrected chi connectivity index (χ1v) is 5.88. The molecule has 0 fully saturated rings. The molecule has 0 spiro atoms. The molecule has 96 valence electrons. The smallest absolute Gasteiger partial charge is 0.358 e. The first-order valence-electron chi connectivity index (χ1n) is 5.88.